The molecule has 2 N–H and O–H groups in total. The predicted molar refractivity (Wildman–Crippen MR) is 81.2 cm³/mol. The van der Waals surface area contributed by atoms with E-state index in [1.807, 2.05) is 6.92 Å². The molecule has 1 unspecified atom stereocenters. The largest absolute Gasteiger partial charge is 0.364 e. The smallest absolute Gasteiger partial charge is 0.270 e. The third-order valence-electron chi connectivity index (χ3n) is 3.92. The van der Waals surface area contributed by atoms with Gasteiger partial charge in [-0.15, -0.1) is 5.10 Å². The zero-order valence-electron chi connectivity index (χ0n) is 12.9. The summed E-state index contributed by atoms with van der Waals surface area (Å²) in [5.74, 6) is -0.541. The fraction of sp³-hybridized carbons (Fsp3) is 0.467. The van der Waals surface area contributed by atoms with Crippen molar-refractivity contribution in [2.75, 3.05) is 13.1 Å². The van der Waals surface area contributed by atoms with Gasteiger partial charge in [0.2, 0.25) is 0 Å². The number of primary amides is 1. The van der Waals surface area contributed by atoms with Gasteiger partial charge in [0.1, 0.15) is 0 Å². The minimum atomic E-state index is -0.541. The van der Waals surface area contributed by atoms with E-state index in [0.29, 0.717) is 0 Å². The molecule has 7 heteroatoms. The van der Waals surface area contributed by atoms with E-state index in [4.69, 9.17) is 5.73 Å². The maximum Gasteiger partial charge on any atom is 0.270 e. The summed E-state index contributed by atoms with van der Waals surface area (Å²) in [4.78, 5) is 18.0. The number of rotatable bonds is 4. The van der Waals surface area contributed by atoms with Crippen LogP contribution >= 0.6 is 0 Å². The number of aryl methyl sites for hydroxylation is 2. The number of carbonyl (C=O) groups excluding carboxylic acids is 1. The highest BCUT2D eigenvalue weighted by atomic mass is 16.1. The predicted octanol–water partition coefficient (Wildman–Crippen LogP) is 0.836. The van der Waals surface area contributed by atoms with E-state index in [2.05, 4.69) is 39.3 Å². The van der Waals surface area contributed by atoms with Crippen LogP contribution < -0.4 is 5.73 Å². The maximum absolute atomic E-state index is 11.1. The molecule has 2 aromatic heterocycles. The van der Waals surface area contributed by atoms with E-state index in [0.717, 1.165) is 37.4 Å². The number of amides is 1. The molecule has 1 fully saturated rings. The molecule has 0 spiro atoms. The second-order valence-corrected chi connectivity index (χ2v) is 5.90. The Morgan fingerprint density at radius 2 is 2.23 bits per heavy atom. The molecular weight excluding hydrogens is 280 g/mol. The number of nitrogens with two attached hydrogens (primary N) is 1. The number of carbonyl (C=O) groups is 1. The Labute approximate surface area is 129 Å². The van der Waals surface area contributed by atoms with Crippen LogP contribution in [0.1, 0.15) is 39.9 Å². The Bertz CT molecular complexity index is 675. The summed E-state index contributed by atoms with van der Waals surface area (Å²) in [6.45, 7) is 6.79. The van der Waals surface area contributed by atoms with Crippen molar-refractivity contribution in [3.63, 3.8) is 0 Å². The van der Waals surface area contributed by atoms with Crippen molar-refractivity contribution < 1.29 is 4.79 Å². The van der Waals surface area contributed by atoms with E-state index < -0.39 is 5.91 Å². The van der Waals surface area contributed by atoms with E-state index in [9.17, 15) is 4.79 Å². The number of likely N-dealkylation sites (tertiary alicyclic amines) is 1. The fourth-order valence-corrected chi connectivity index (χ4v) is 2.97. The lowest BCUT2D eigenvalue weighted by molar-refractivity contribution is 0.0995. The molecule has 22 heavy (non-hydrogen) atoms. The molecule has 0 aliphatic carbocycles. The Hall–Kier alpha value is -2.28. The molecular formula is C15H20N6O. The monoisotopic (exact) mass is 300 g/mol. The highest BCUT2D eigenvalue weighted by molar-refractivity contribution is 5.90. The number of hydrogen-bond acceptors (Lipinski definition) is 5. The Morgan fingerprint density at radius 1 is 1.41 bits per heavy atom. The van der Waals surface area contributed by atoms with Crippen molar-refractivity contribution in [3.8, 4) is 0 Å². The van der Waals surface area contributed by atoms with Crippen LogP contribution in [-0.2, 0) is 6.54 Å². The van der Waals surface area contributed by atoms with Crippen molar-refractivity contribution in [2.45, 2.75) is 32.9 Å². The number of aromatic nitrogens is 4. The van der Waals surface area contributed by atoms with Crippen LogP contribution in [0.3, 0.4) is 0 Å². The summed E-state index contributed by atoms with van der Waals surface area (Å²) < 4.78 is 1.75. The van der Waals surface area contributed by atoms with Crippen molar-refractivity contribution in [1.29, 1.82) is 0 Å². The molecule has 1 amide bonds. The first-order chi connectivity index (χ1) is 10.5. The van der Waals surface area contributed by atoms with E-state index in [-0.39, 0.29) is 11.7 Å². The van der Waals surface area contributed by atoms with Gasteiger partial charge in [-0.3, -0.25) is 14.7 Å². The SMILES string of the molecule is Cc1cc(C)nc(CN2CCC(n3cc(C(N)=O)nn3)C2)c1. The molecule has 3 heterocycles. The summed E-state index contributed by atoms with van der Waals surface area (Å²) in [6, 6.07) is 4.43. The lowest BCUT2D eigenvalue weighted by Crippen LogP contribution is -2.22. The zero-order valence-corrected chi connectivity index (χ0v) is 12.9. The fourth-order valence-electron chi connectivity index (χ4n) is 2.97. The van der Waals surface area contributed by atoms with Gasteiger partial charge in [0.15, 0.2) is 5.69 Å². The average molecular weight is 300 g/mol. The second kappa shape index (κ2) is 5.84. The molecule has 1 aliphatic rings. The Balaban J connectivity index is 1.65. The van der Waals surface area contributed by atoms with Crippen LogP contribution in [0, 0.1) is 13.8 Å². The topological polar surface area (TPSA) is 89.9 Å². The summed E-state index contributed by atoms with van der Waals surface area (Å²) in [7, 11) is 0. The van der Waals surface area contributed by atoms with Gasteiger partial charge in [-0.1, -0.05) is 5.21 Å². The molecule has 1 aliphatic heterocycles. The van der Waals surface area contributed by atoms with Gasteiger partial charge in [-0.05, 0) is 38.0 Å². The van der Waals surface area contributed by atoms with Crippen LogP contribution in [-0.4, -0.2) is 43.9 Å². The summed E-state index contributed by atoms with van der Waals surface area (Å²) >= 11 is 0. The van der Waals surface area contributed by atoms with Crippen LogP contribution in [0.15, 0.2) is 18.3 Å². The highest BCUT2D eigenvalue weighted by Gasteiger charge is 2.25. The van der Waals surface area contributed by atoms with Gasteiger partial charge < -0.3 is 5.73 Å². The van der Waals surface area contributed by atoms with Gasteiger partial charge in [0.25, 0.3) is 5.91 Å². The number of nitrogens with zero attached hydrogens (tertiary/aromatic N) is 5. The number of pyridine rings is 1. The van der Waals surface area contributed by atoms with E-state index in [1.54, 1.807) is 10.9 Å². The summed E-state index contributed by atoms with van der Waals surface area (Å²) in [5, 5.41) is 7.81. The van der Waals surface area contributed by atoms with Gasteiger partial charge in [0.05, 0.1) is 17.9 Å². The van der Waals surface area contributed by atoms with Gasteiger partial charge in [0, 0.05) is 25.3 Å². The molecule has 1 atom stereocenters. The van der Waals surface area contributed by atoms with Gasteiger partial charge >= 0.3 is 0 Å². The standard InChI is InChI=1S/C15H20N6O/c1-10-5-11(2)17-12(6-10)7-20-4-3-13(8-20)21-9-14(15(16)22)18-19-21/h5-6,9,13H,3-4,7-8H2,1-2H3,(H2,16,22). The highest BCUT2D eigenvalue weighted by Crippen LogP contribution is 2.22. The minimum absolute atomic E-state index is 0.217. The molecule has 116 valence electrons. The quantitative estimate of drug-likeness (QED) is 0.903. The van der Waals surface area contributed by atoms with Crippen molar-refractivity contribution in [2.24, 2.45) is 5.73 Å². The molecule has 2 aromatic rings. The zero-order chi connectivity index (χ0) is 15.7. The Kier molecular flexibility index (Phi) is 3.89. The first kappa shape index (κ1) is 14.6. The average Bonchev–Trinajstić information content (AvgIpc) is 3.05. The third kappa shape index (κ3) is 3.14. The molecule has 1 saturated heterocycles. The first-order valence-corrected chi connectivity index (χ1v) is 7.39. The van der Waals surface area contributed by atoms with Crippen LogP contribution in [0.25, 0.3) is 0 Å². The van der Waals surface area contributed by atoms with Crippen molar-refractivity contribution in [3.05, 3.63) is 41.0 Å². The van der Waals surface area contributed by atoms with Crippen molar-refractivity contribution >= 4 is 5.91 Å². The maximum atomic E-state index is 11.1. The molecule has 0 bridgehead atoms. The summed E-state index contributed by atoms with van der Waals surface area (Å²) in [6.07, 6.45) is 2.61. The number of hydrogen-bond donors (Lipinski definition) is 1. The molecule has 3 rings (SSSR count). The van der Waals surface area contributed by atoms with Gasteiger partial charge in [-0.2, -0.15) is 0 Å². The van der Waals surface area contributed by atoms with E-state index in [1.165, 1.54) is 5.56 Å². The van der Waals surface area contributed by atoms with Crippen LogP contribution in [0.5, 0.6) is 0 Å². The molecule has 0 aromatic carbocycles. The molecule has 0 saturated carbocycles. The normalized spacial score (nSPS) is 18.7. The van der Waals surface area contributed by atoms with Crippen LogP contribution in [0.4, 0.5) is 0 Å². The molecule has 0 radical (unpaired) electrons. The lowest BCUT2D eigenvalue weighted by atomic mass is 10.2. The first-order valence-electron chi connectivity index (χ1n) is 7.39. The van der Waals surface area contributed by atoms with Crippen LogP contribution in [0.2, 0.25) is 0 Å². The lowest BCUT2D eigenvalue weighted by Gasteiger charge is -2.16. The van der Waals surface area contributed by atoms with E-state index >= 15 is 0 Å². The van der Waals surface area contributed by atoms with Gasteiger partial charge in [-0.25, -0.2) is 4.68 Å². The Morgan fingerprint density at radius 3 is 2.91 bits per heavy atom. The summed E-state index contributed by atoms with van der Waals surface area (Å²) in [5.41, 5.74) is 8.81. The van der Waals surface area contributed by atoms with Crippen molar-refractivity contribution in [1.82, 2.24) is 24.9 Å². The second-order valence-electron chi connectivity index (χ2n) is 5.90. The molecule has 7 nitrogen and oxygen atoms in total. The minimum Gasteiger partial charge on any atom is -0.364 e. The third-order valence-corrected chi connectivity index (χ3v) is 3.92.